The predicted octanol–water partition coefficient (Wildman–Crippen LogP) is 5.10. The van der Waals surface area contributed by atoms with E-state index in [0.717, 1.165) is 17.3 Å². The molecule has 1 heterocycles. The van der Waals surface area contributed by atoms with Gasteiger partial charge in [-0.2, -0.15) is 0 Å². The van der Waals surface area contributed by atoms with Gasteiger partial charge in [-0.05, 0) is 36.1 Å². The highest BCUT2D eigenvalue weighted by molar-refractivity contribution is 7.10. The fourth-order valence-electron chi connectivity index (χ4n) is 2.20. The van der Waals surface area contributed by atoms with Crippen molar-refractivity contribution in [2.24, 2.45) is 0 Å². The van der Waals surface area contributed by atoms with Gasteiger partial charge in [-0.25, -0.2) is 0 Å². The summed E-state index contributed by atoms with van der Waals surface area (Å²) in [5.41, 5.74) is 2.29. The van der Waals surface area contributed by atoms with Crippen molar-refractivity contribution < 1.29 is 0 Å². The number of rotatable bonds is 6. The second-order valence-electron chi connectivity index (χ2n) is 5.62. The number of nitrogens with one attached hydrogen (secondary N) is 1. The molecule has 0 aliphatic rings. The second-order valence-corrected chi connectivity index (χ2v) is 7.01. The molecule has 0 amide bonds. The Morgan fingerprint density at radius 2 is 2.00 bits per heavy atom. The molecule has 1 aromatic heterocycles. The van der Waals surface area contributed by atoms with Gasteiger partial charge in [0.25, 0.3) is 0 Å². The summed E-state index contributed by atoms with van der Waals surface area (Å²) in [6, 6.07) is 11.4. The molecule has 21 heavy (non-hydrogen) atoms. The van der Waals surface area contributed by atoms with Crippen LogP contribution in [0.2, 0.25) is 5.02 Å². The second kappa shape index (κ2) is 7.30. The molecule has 1 N–H and O–H groups in total. The molecule has 1 unspecified atom stereocenters. The van der Waals surface area contributed by atoms with Gasteiger partial charge < -0.3 is 10.2 Å². The van der Waals surface area contributed by atoms with Gasteiger partial charge in [0.1, 0.15) is 0 Å². The first kappa shape index (κ1) is 16.3. The molecular formula is C17H23ClN2S. The minimum atomic E-state index is 0.321. The monoisotopic (exact) mass is 322 g/mol. The molecule has 1 atom stereocenters. The lowest BCUT2D eigenvalue weighted by Crippen LogP contribution is -2.23. The Morgan fingerprint density at radius 3 is 2.57 bits per heavy atom. The molecule has 0 radical (unpaired) electrons. The Balaban J connectivity index is 2.13. The summed E-state index contributed by atoms with van der Waals surface area (Å²) in [7, 11) is 2.09. The fourth-order valence-corrected chi connectivity index (χ4v) is 3.36. The van der Waals surface area contributed by atoms with Crippen LogP contribution in [0, 0.1) is 0 Å². The van der Waals surface area contributed by atoms with E-state index in [9.17, 15) is 0 Å². The normalized spacial score (nSPS) is 12.7. The summed E-state index contributed by atoms with van der Waals surface area (Å²) in [4.78, 5) is 3.58. The highest BCUT2D eigenvalue weighted by Gasteiger charge is 2.15. The van der Waals surface area contributed by atoms with Crippen LogP contribution in [0.5, 0.6) is 0 Å². The van der Waals surface area contributed by atoms with E-state index in [4.69, 9.17) is 11.6 Å². The first-order chi connectivity index (χ1) is 9.99. The van der Waals surface area contributed by atoms with Gasteiger partial charge >= 0.3 is 0 Å². The third-order valence-electron chi connectivity index (χ3n) is 3.64. The zero-order chi connectivity index (χ0) is 15.4. The fraction of sp³-hybridized carbons (Fsp3) is 0.412. The van der Waals surface area contributed by atoms with Crippen molar-refractivity contribution in [1.82, 2.24) is 5.32 Å². The van der Waals surface area contributed by atoms with Crippen LogP contribution in [0.15, 0.2) is 35.7 Å². The van der Waals surface area contributed by atoms with Crippen molar-refractivity contribution in [3.63, 3.8) is 0 Å². The Hall–Kier alpha value is -1.03. The number of nitrogens with zero attached hydrogens (tertiary/aromatic N) is 1. The maximum absolute atomic E-state index is 6.48. The SMILES string of the molecule is CC(C)NCc1ccc(N(C)C(C)c2cccs2)c(Cl)c1. The van der Waals surface area contributed by atoms with Gasteiger partial charge in [0, 0.05) is 24.5 Å². The molecule has 0 bridgehead atoms. The third kappa shape index (κ3) is 4.22. The van der Waals surface area contributed by atoms with E-state index < -0.39 is 0 Å². The lowest BCUT2D eigenvalue weighted by Gasteiger charge is -2.27. The molecule has 0 aliphatic heterocycles. The molecular weight excluding hydrogens is 300 g/mol. The molecule has 1 aromatic carbocycles. The average molecular weight is 323 g/mol. The number of benzene rings is 1. The Bertz CT molecular complexity index is 566. The van der Waals surface area contributed by atoms with E-state index in [-0.39, 0.29) is 0 Å². The molecule has 0 aliphatic carbocycles. The largest absolute Gasteiger partial charge is 0.366 e. The zero-order valence-electron chi connectivity index (χ0n) is 13.1. The standard InChI is InChI=1S/C17H23ClN2S/c1-12(2)19-11-14-7-8-16(15(18)10-14)20(4)13(3)17-6-5-9-21-17/h5-10,12-13,19H,11H2,1-4H3. The van der Waals surface area contributed by atoms with E-state index >= 15 is 0 Å². The van der Waals surface area contributed by atoms with E-state index in [1.54, 1.807) is 11.3 Å². The molecule has 2 nitrogen and oxygen atoms in total. The van der Waals surface area contributed by atoms with Gasteiger partial charge in [0.2, 0.25) is 0 Å². The lowest BCUT2D eigenvalue weighted by molar-refractivity contribution is 0.589. The number of thiophene rings is 1. The van der Waals surface area contributed by atoms with Crippen LogP contribution in [0.3, 0.4) is 0 Å². The van der Waals surface area contributed by atoms with Crippen LogP contribution in [0.1, 0.15) is 37.3 Å². The molecule has 0 spiro atoms. The summed E-state index contributed by atoms with van der Waals surface area (Å²) in [6.45, 7) is 7.34. The zero-order valence-corrected chi connectivity index (χ0v) is 14.6. The van der Waals surface area contributed by atoms with Crippen LogP contribution >= 0.6 is 22.9 Å². The first-order valence-corrected chi connectivity index (χ1v) is 8.53. The summed E-state index contributed by atoms with van der Waals surface area (Å²) >= 11 is 8.26. The molecule has 0 saturated carbocycles. The third-order valence-corrected chi connectivity index (χ3v) is 4.99. The topological polar surface area (TPSA) is 15.3 Å². The molecule has 0 fully saturated rings. The Kier molecular flexibility index (Phi) is 5.68. The Labute approximate surface area is 136 Å². The van der Waals surface area contributed by atoms with Crippen molar-refractivity contribution in [1.29, 1.82) is 0 Å². The molecule has 4 heteroatoms. The molecule has 0 saturated heterocycles. The van der Waals surface area contributed by atoms with Gasteiger partial charge in [-0.15, -0.1) is 11.3 Å². The van der Waals surface area contributed by atoms with Gasteiger partial charge in [0.05, 0.1) is 16.8 Å². The van der Waals surface area contributed by atoms with Crippen molar-refractivity contribution in [2.45, 2.75) is 39.4 Å². The van der Waals surface area contributed by atoms with Gasteiger partial charge in [-0.3, -0.25) is 0 Å². The summed E-state index contributed by atoms with van der Waals surface area (Å²) in [5, 5.41) is 6.33. The highest BCUT2D eigenvalue weighted by Crippen LogP contribution is 2.33. The number of hydrogen-bond acceptors (Lipinski definition) is 3. The van der Waals surface area contributed by atoms with E-state index in [2.05, 4.69) is 73.7 Å². The van der Waals surface area contributed by atoms with E-state index in [1.165, 1.54) is 10.4 Å². The Morgan fingerprint density at radius 1 is 1.24 bits per heavy atom. The summed E-state index contributed by atoms with van der Waals surface area (Å²) in [5.74, 6) is 0. The minimum Gasteiger partial charge on any atom is -0.366 e. The first-order valence-electron chi connectivity index (χ1n) is 7.27. The van der Waals surface area contributed by atoms with Crippen molar-refractivity contribution in [3.05, 3.63) is 51.2 Å². The van der Waals surface area contributed by atoms with Crippen LogP contribution in [0.4, 0.5) is 5.69 Å². The number of anilines is 1. The predicted molar refractivity (Wildman–Crippen MR) is 94.6 cm³/mol. The van der Waals surface area contributed by atoms with Crippen LogP contribution in [0.25, 0.3) is 0 Å². The lowest BCUT2D eigenvalue weighted by atomic mass is 10.1. The van der Waals surface area contributed by atoms with Crippen LogP contribution in [-0.4, -0.2) is 13.1 Å². The van der Waals surface area contributed by atoms with E-state index in [1.807, 2.05) is 0 Å². The number of halogens is 1. The van der Waals surface area contributed by atoms with Crippen LogP contribution in [-0.2, 0) is 6.54 Å². The molecule has 2 rings (SSSR count). The quantitative estimate of drug-likeness (QED) is 0.796. The van der Waals surface area contributed by atoms with Gasteiger partial charge in [0.15, 0.2) is 0 Å². The number of hydrogen-bond donors (Lipinski definition) is 1. The van der Waals surface area contributed by atoms with Crippen molar-refractivity contribution in [3.8, 4) is 0 Å². The highest BCUT2D eigenvalue weighted by atomic mass is 35.5. The van der Waals surface area contributed by atoms with Gasteiger partial charge in [-0.1, -0.05) is 37.6 Å². The summed E-state index contributed by atoms with van der Waals surface area (Å²) in [6.07, 6.45) is 0. The van der Waals surface area contributed by atoms with Crippen LogP contribution < -0.4 is 10.2 Å². The average Bonchev–Trinajstić information content (AvgIpc) is 2.98. The van der Waals surface area contributed by atoms with E-state index in [0.29, 0.717) is 12.1 Å². The van der Waals surface area contributed by atoms with Crippen molar-refractivity contribution in [2.75, 3.05) is 11.9 Å². The molecule has 2 aromatic rings. The summed E-state index contributed by atoms with van der Waals surface area (Å²) < 4.78 is 0. The maximum atomic E-state index is 6.48. The maximum Gasteiger partial charge on any atom is 0.0642 e. The smallest absolute Gasteiger partial charge is 0.0642 e. The minimum absolute atomic E-state index is 0.321. The molecule has 114 valence electrons. The van der Waals surface area contributed by atoms with Crippen molar-refractivity contribution >= 4 is 28.6 Å².